The molecule has 0 bridgehead atoms. The first-order valence-corrected chi connectivity index (χ1v) is 8.44. The highest BCUT2D eigenvalue weighted by Crippen LogP contribution is 2.42. The average molecular weight is 384 g/mol. The van der Waals surface area contributed by atoms with Crippen molar-refractivity contribution in [2.75, 3.05) is 19.0 Å². The van der Waals surface area contributed by atoms with Gasteiger partial charge in [-0.3, -0.25) is 0 Å². The highest BCUT2D eigenvalue weighted by Gasteiger charge is 2.42. The van der Waals surface area contributed by atoms with Crippen LogP contribution in [0.2, 0.25) is 5.02 Å². The van der Waals surface area contributed by atoms with E-state index in [1.807, 2.05) is 48.5 Å². The zero-order chi connectivity index (χ0) is 15.6. The van der Waals surface area contributed by atoms with Crippen molar-refractivity contribution >= 4 is 27.5 Å². The number of hydrogen-bond donors (Lipinski definition) is 0. The number of rotatable bonds is 4. The second kappa shape index (κ2) is 6.59. The van der Waals surface area contributed by atoms with Crippen LogP contribution in [0.3, 0.4) is 0 Å². The van der Waals surface area contributed by atoms with Crippen molar-refractivity contribution in [2.24, 2.45) is 0 Å². The Labute approximate surface area is 143 Å². The first-order valence-electron chi connectivity index (χ1n) is 6.94. The molecule has 3 rings (SSSR count). The average Bonchev–Trinajstić information content (AvgIpc) is 3.01. The van der Waals surface area contributed by atoms with Crippen molar-refractivity contribution in [1.82, 2.24) is 0 Å². The van der Waals surface area contributed by atoms with E-state index >= 15 is 0 Å². The summed E-state index contributed by atoms with van der Waals surface area (Å²) in [5, 5.41) is 1.26. The number of halogens is 2. The minimum absolute atomic E-state index is 0.114. The van der Waals surface area contributed by atoms with E-state index in [1.165, 1.54) is 0 Å². The van der Waals surface area contributed by atoms with Gasteiger partial charge < -0.3 is 14.2 Å². The molecule has 5 heteroatoms. The molecule has 0 aliphatic carbocycles. The Kier molecular flexibility index (Phi) is 4.73. The molecule has 116 valence electrons. The fourth-order valence-electron chi connectivity index (χ4n) is 2.49. The molecule has 0 aromatic heterocycles. The highest BCUT2D eigenvalue weighted by molar-refractivity contribution is 9.09. The first kappa shape index (κ1) is 15.8. The van der Waals surface area contributed by atoms with E-state index in [2.05, 4.69) is 15.9 Å². The number of ether oxygens (including phenoxy) is 3. The van der Waals surface area contributed by atoms with Crippen molar-refractivity contribution < 1.29 is 14.2 Å². The Morgan fingerprint density at radius 3 is 2.45 bits per heavy atom. The largest absolute Gasteiger partial charge is 0.497 e. The predicted octanol–water partition coefficient (Wildman–Crippen LogP) is 4.68. The van der Waals surface area contributed by atoms with Gasteiger partial charge >= 0.3 is 0 Å². The summed E-state index contributed by atoms with van der Waals surface area (Å²) in [6, 6.07) is 15.4. The molecule has 2 atom stereocenters. The second-order valence-electron chi connectivity index (χ2n) is 5.08. The maximum absolute atomic E-state index is 6.23. The van der Waals surface area contributed by atoms with Crippen LogP contribution in [0.5, 0.6) is 5.75 Å². The van der Waals surface area contributed by atoms with Crippen LogP contribution in [-0.2, 0) is 15.3 Å². The quantitative estimate of drug-likeness (QED) is 0.717. The van der Waals surface area contributed by atoms with Gasteiger partial charge in [0.2, 0.25) is 5.79 Å². The molecule has 0 radical (unpaired) electrons. The van der Waals surface area contributed by atoms with Gasteiger partial charge in [-0.1, -0.05) is 39.7 Å². The summed E-state index contributed by atoms with van der Waals surface area (Å²) in [7, 11) is 1.65. The first-order chi connectivity index (χ1) is 10.7. The number of alkyl halides is 1. The van der Waals surface area contributed by atoms with Gasteiger partial charge in [0.15, 0.2) is 0 Å². The zero-order valence-corrected chi connectivity index (χ0v) is 14.4. The van der Waals surface area contributed by atoms with Crippen molar-refractivity contribution in [3.63, 3.8) is 0 Å². The standard InChI is InChI=1S/C17H16BrClO3/c1-20-15-8-4-13(5-9-15)17(11-18)21-10-16(22-17)12-2-6-14(19)7-3-12/h2-9,16H,10-11H2,1H3/t16-,17-/m0/s1. The molecule has 1 aliphatic rings. The number of benzene rings is 2. The SMILES string of the molecule is COc1ccc([C@@]2(CBr)OC[C@@H](c3ccc(Cl)cc3)O2)cc1. The van der Waals surface area contributed by atoms with Gasteiger partial charge in [-0.25, -0.2) is 0 Å². The van der Waals surface area contributed by atoms with Gasteiger partial charge in [-0.2, -0.15) is 0 Å². The molecule has 0 amide bonds. The van der Waals surface area contributed by atoms with E-state index in [0.29, 0.717) is 17.0 Å². The molecule has 22 heavy (non-hydrogen) atoms. The smallest absolute Gasteiger partial charge is 0.205 e. The zero-order valence-electron chi connectivity index (χ0n) is 12.1. The molecule has 0 N–H and O–H groups in total. The molecule has 1 aliphatic heterocycles. The van der Waals surface area contributed by atoms with Gasteiger partial charge in [0.05, 0.1) is 19.0 Å². The van der Waals surface area contributed by atoms with Crippen LogP contribution >= 0.6 is 27.5 Å². The van der Waals surface area contributed by atoms with Gasteiger partial charge in [0, 0.05) is 10.6 Å². The van der Waals surface area contributed by atoms with E-state index in [-0.39, 0.29) is 6.10 Å². The minimum Gasteiger partial charge on any atom is -0.497 e. The Balaban J connectivity index is 1.84. The Morgan fingerprint density at radius 2 is 1.86 bits per heavy atom. The monoisotopic (exact) mass is 382 g/mol. The fourth-order valence-corrected chi connectivity index (χ4v) is 3.24. The third-order valence-electron chi connectivity index (χ3n) is 3.75. The Bertz CT molecular complexity index is 629. The highest BCUT2D eigenvalue weighted by atomic mass is 79.9. The molecule has 0 spiro atoms. The van der Waals surface area contributed by atoms with E-state index in [9.17, 15) is 0 Å². The van der Waals surface area contributed by atoms with Crippen molar-refractivity contribution in [3.8, 4) is 5.75 Å². The summed E-state index contributed by atoms with van der Waals surface area (Å²) in [5.74, 6) is 0.0250. The van der Waals surface area contributed by atoms with Crippen LogP contribution in [0, 0.1) is 0 Å². The third kappa shape index (κ3) is 3.01. The molecule has 2 aromatic carbocycles. The predicted molar refractivity (Wildman–Crippen MR) is 89.7 cm³/mol. The van der Waals surface area contributed by atoms with E-state index in [4.69, 9.17) is 25.8 Å². The maximum Gasteiger partial charge on any atom is 0.205 e. The topological polar surface area (TPSA) is 27.7 Å². The lowest BCUT2D eigenvalue weighted by atomic mass is 10.1. The van der Waals surface area contributed by atoms with Crippen molar-refractivity contribution in [1.29, 1.82) is 0 Å². The summed E-state index contributed by atoms with van der Waals surface area (Å²) in [6.45, 7) is 0.499. The molecule has 2 aromatic rings. The Morgan fingerprint density at radius 1 is 1.18 bits per heavy atom. The van der Waals surface area contributed by atoms with Gasteiger partial charge in [0.25, 0.3) is 0 Å². The summed E-state index contributed by atoms with van der Waals surface area (Å²) in [4.78, 5) is 0. The van der Waals surface area contributed by atoms with Crippen LogP contribution in [-0.4, -0.2) is 19.0 Å². The number of hydrogen-bond acceptors (Lipinski definition) is 3. The Hall–Kier alpha value is -1.07. The fraction of sp³-hybridized carbons (Fsp3) is 0.294. The van der Waals surface area contributed by atoms with Crippen LogP contribution in [0.15, 0.2) is 48.5 Å². The normalized spacial score (nSPS) is 24.4. The van der Waals surface area contributed by atoms with Crippen LogP contribution in [0.1, 0.15) is 17.2 Å². The van der Waals surface area contributed by atoms with E-state index in [1.54, 1.807) is 7.11 Å². The molecular weight excluding hydrogens is 368 g/mol. The third-order valence-corrected chi connectivity index (χ3v) is 4.74. The summed E-state index contributed by atoms with van der Waals surface area (Å²) in [5.41, 5.74) is 2.02. The van der Waals surface area contributed by atoms with Crippen molar-refractivity contribution in [3.05, 3.63) is 64.7 Å². The van der Waals surface area contributed by atoms with Crippen molar-refractivity contribution in [2.45, 2.75) is 11.9 Å². The molecule has 1 heterocycles. The lowest BCUT2D eigenvalue weighted by Gasteiger charge is -2.26. The molecule has 0 saturated carbocycles. The van der Waals surface area contributed by atoms with Gasteiger partial charge in [-0.05, 0) is 42.0 Å². The molecule has 1 fully saturated rings. The van der Waals surface area contributed by atoms with E-state index < -0.39 is 5.79 Å². The molecule has 1 saturated heterocycles. The number of methoxy groups -OCH3 is 1. The maximum atomic E-state index is 6.23. The summed E-state index contributed by atoms with van der Waals surface area (Å²) in [6.07, 6.45) is -0.114. The van der Waals surface area contributed by atoms with Crippen LogP contribution in [0.4, 0.5) is 0 Å². The minimum atomic E-state index is -0.781. The van der Waals surface area contributed by atoms with Gasteiger partial charge in [0.1, 0.15) is 11.9 Å². The summed E-state index contributed by atoms with van der Waals surface area (Å²) >= 11 is 9.45. The van der Waals surface area contributed by atoms with Crippen LogP contribution < -0.4 is 4.74 Å². The van der Waals surface area contributed by atoms with E-state index in [0.717, 1.165) is 16.9 Å². The second-order valence-corrected chi connectivity index (χ2v) is 6.08. The summed E-state index contributed by atoms with van der Waals surface area (Å²) < 4.78 is 17.4. The molecular formula is C17H16BrClO3. The van der Waals surface area contributed by atoms with Crippen LogP contribution in [0.25, 0.3) is 0 Å². The molecule has 0 unspecified atom stereocenters. The lowest BCUT2D eigenvalue weighted by Crippen LogP contribution is -2.29. The van der Waals surface area contributed by atoms with Gasteiger partial charge in [-0.15, -0.1) is 0 Å². The molecule has 3 nitrogen and oxygen atoms in total. The lowest BCUT2D eigenvalue weighted by molar-refractivity contribution is -0.157.